The Labute approximate surface area is 202 Å². The van der Waals surface area contributed by atoms with Gasteiger partial charge >= 0.3 is 12.1 Å². The number of amides is 1. The third kappa shape index (κ3) is 5.79. The van der Waals surface area contributed by atoms with Gasteiger partial charge in [-0.2, -0.15) is 0 Å². The molecular weight excluding hydrogens is 428 g/mol. The van der Waals surface area contributed by atoms with Gasteiger partial charge in [-0.05, 0) is 54.4 Å². The van der Waals surface area contributed by atoms with Crippen LogP contribution in [0.3, 0.4) is 0 Å². The lowest BCUT2D eigenvalue weighted by Crippen LogP contribution is -2.49. The Morgan fingerprint density at radius 3 is 2.26 bits per heavy atom. The van der Waals surface area contributed by atoms with Crippen molar-refractivity contribution in [1.29, 1.82) is 0 Å². The van der Waals surface area contributed by atoms with Crippen molar-refractivity contribution in [2.24, 2.45) is 5.92 Å². The Morgan fingerprint density at radius 1 is 1.09 bits per heavy atom. The van der Waals surface area contributed by atoms with Crippen LogP contribution in [0.1, 0.15) is 63.0 Å². The van der Waals surface area contributed by atoms with Crippen molar-refractivity contribution in [2.75, 3.05) is 19.7 Å². The molecule has 4 rings (SSSR count). The van der Waals surface area contributed by atoms with Gasteiger partial charge in [0.25, 0.3) is 0 Å². The minimum absolute atomic E-state index is 0.0188. The molecule has 2 aliphatic carbocycles. The summed E-state index contributed by atoms with van der Waals surface area (Å²) < 4.78 is 5.67. The maximum absolute atomic E-state index is 12.7. The van der Waals surface area contributed by atoms with Gasteiger partial charge in [-0.15, -0.1) is 0 Å². The zero-order chi connectivity index (χ0) is 24.1. The van der Waals surface area contributed by atoms with Crippen LogP contribution in [0.25, 0.3) is 11.1 Å². The van der Waals surface area contributed by atoms with E-state index in [1.807, 2.05) is 36.1 Å². The zero-order valence-electron chi connectivity index (χ0n) is 20.2. The fourth-order valence-electron chi connectivity index (χ4n) is 5.06. The second-order valence-corrected chi connectivity index (χ2v) is 9.76. The SMILES string of the molecule is CCCC[C@@H](C(=O)O)N(CC1CC1)C[C@@H](C)NC(=O)OCC1c2ccccc2-c2ccccc21. The summed E-state index contributed by atoms with van der Waals surface area (Å²) in [4.78, 5) is 26.7. The molecule has 0 unspecified atom stereocenters. The lowest BCUT2D eigenvalue weighted by atomic mass is 9.98. The van der Waals surface area contributed by atoms with Crippen molar-refractivity contribution >= 4 is 12.1 Å². The summed E-state index contributed by atoms with van der Waals surface area (Å²) in [5, 5.41) is 12.7. The number of hydrogen-bond donors (Lipinski definition) is 2. The minimum Gasteiger partial charge on any atom is -0.480 e. The molecule has 0 radical (unpaired) electrons. The summed E-state index contributed by atoms with van der Waals surface area (Å²) in [6.07, 6.45) is 4.34. The van der Waals surface area contributed by atoms with Crippen LogP contribution < -0.4 is 5.32 Å². The van der Waals surface area contributed by atoms with Crippen LogP contribution in [0.4, 0.5) is 4.79 Å². The lowest BCUT2D eigenvalue weighted by molar-refractivity contribution is -0.143. The van der Waals surface area contributed by atoms with Gasteiger partial charge in [-0.1, -0.05) is 68.3 Å². The van der Waals surface area contributed by atoms with E-state index in [4.69, 9.17) is 4.74 Å². The van der Waals surface area contributed by atoms with Crippen molar-refractivity contribution in [3.63, 3.8) is 0 Å². The molecule has 2 aliphatic rings. The number of fused-ring (bicyclic) bond motifs is 3. The molecule has 0 heterocycles. The van der Waals surface area contributed by atoms with Crippen LogP contribution in [0, 0.1) is 5.92 Å². The Balaban J connectivity index is 1.34. The second kappa shape index (κ2) is 11.0. The van der Waals surface area contributed by atoms with E-state index in [1.165, 1.54) is 22.3 Å². The molecular formula is C28H36N2O4. The average Bonchev–Trinajstić information content (AvgIpc) is 3.58. The van der Waals surface area contributed by atoms with Crippen LogP contribution in [-0.4, -0.2) is 53.8 Å². The van der Waals surface area contributed by atoms with Crippen molar-refractivity contribution < 1.29 is 19.4 Å². The number of nitrogens with zero attached hydrogens (tertiary/aromatic N) is 1. The van der Waals surface area contributed by atoms with E-state index in [2.05, 4.69) is 36.5 Å². The molecule has 182 valence electrons. The Hall–Kier alpha value is -2.86. The Kier molecular flexibility index (Phi) is 7.88. The number of carbonyl (C=O) groups is 2. The molecule has 2 atom stereocenters. The predicted molar refractivity (Wildman–Crippen MR) is 133 cm³/mol. The number of rotatable bonds is 12. The van der Waals surface area contributed by atoms with E-state index < -0.39 is 18.1 Å². The maximum Gasteiger partial charge on any atom is 0.407 e. The first kappa shape index (κ1) is 24.3. The molecule has 34 heavy (non-hydrogen) atoms. The predicted octanol–water partition coefficient (Wildman–Crippen LogP) is 5.27. The molecule has 0 aliphatic heterocycles. The van der Waals surface area contributed by atoms with Crippen LogP contribution in [0.2, 0.25) is 0 Å². The number of carbonyl (C=O) groups excluding carboxylic acids is 1. The fraction of sp³-hybridized carbons (Fsp3) is 0.500. The lowest BCUT2D eigenvalue weighted by Gasteiger charge is -2.31. The van der Waals surface area contributed by atoms with Crippen LogP contribution in [0.15, 0.2) is 48.5 Å². The molecule has 1 amide bonds. The molecule has 0 bridgehead atoms. The standard InChI is InChI=1S/C28H36N2O4/c1-3-4-13-26(27(31)32)30(17-20-14-15-20)16-19(2)29-28(33)34-18-25-23-11-7-5-9-21(23)22-10-6-8-12-24(22)25/h5-12,19-20,25-26H,3-4,13-18H2,1-2H3,(H,29,33)(H,31,32)/t19-,26+/m1/s1. The molecule has 0 aromatic heterocycles. The molecule has 2 aromatic carbocycles. The summed E-state index contributed by atoms with van der Waals surface area (Å²) in [6.45, 7) is 5.54. The van der Waals surface area contributed by atoms with Crippen LogP contribution in [-0.2, 0) is 9.53 Å². The highest BCUT2D eigenvalue weighted by atomic mass is 16.5. The van der Waals surface area contributed by atoms with Gasteiger partial charge in [0.05, 0.1) is 0 Å². The Bertz CT molecular complexity index is 958. The van der Waals surface area contributed by atoms with Gasteiger partial charge in [0.2, 0.25) is 0 Å². The number of hydrogen-bond acceptors (Lipinski definition) is 4. The third-order valence-electron chi connectivity index (χ3n) is 6.96. The Morgan fingerprint density at radius 2 is 1.71 bits per heavy atom. The summed E-state index contributed by atoms with van der Waals surface area (Å²) >= 11 is 0. The highest BCUT2D eigenvalue weighted by molar-refractivity contribution is 5.79. The average molecular weight is 465 g/mol. The van der Waals surface area contributed by atoms with Crippen LogP contribution in [0.5, 0.6) is 0 Å². The largest absolute Gasteiger partial charge is 0.480 e. The highest BCUT2D eigenvalue weighted by Gasteiger charge is 2.33. The first-order valence-electron chi connectivity index (χ1n) is 12.6. The van der Waals surface area contributed by atoms with E-state index >= 15 is 0 Å². The van der Waals surface area contributed by atoms with E-state index in [1.54, 1.807) is 0 Å². The quantitative estimate of drug-likeness (QED) is 0.447. The molecule has 2 aromatic rings. The number of benzene rings is 2. The maximum atomic E-state index is 12.7. The minimum atomic E-state index is -0.776. The number of nitrogens with one attached hydrogen (secondary N) is 1. The number of ether oxygens (including phenoxy) is 1. The van der Waals surface area contributed by atoms with Crippen LogP contribution >= 0.6 is 0 Å². The molecule has 2 N–H and O–H groups in total. The van der Waals surface area contributed by atoms with Gasteiger partial charge in [0, 0.05) is 25.0 Å². The van der Waals surface area contributed by atoms with E-state index in [0.29, 0.717) is 18.9 Å². The first-order chi connectivity index (χ1) is 16.5. The second-order valence-electron chi connectivity index (χ2n) is 9.76. The number of carboxylic acid groups (broad SMARTS) is 1. The fourth-order valence-corrected chi connectivity index (χ4v) is 5.06. The normalized spacial score (nSPS) is 16.6. The van der Waals surface area contributed by atoms with Gasteiger partial charge in [-0.25, -0.2) is 4.79 Å². The van der Waals surface area contributed by atoms with Crippen molar-refractivity contribution in [2.45, 2.75) is 64.0 Å². The molecule has 1 saturated carbocycles. The number of alkyl carbamates (subject to hydrolysis) is 1. The van der Waals surface area contributed by atoms with Gasteiger partial charge < -0.3 is 15.2 Å². The molecule has 0 saturated heterocycles. The van der Waals surface area contributed by atoms with E-state index in [9.17, 15) is 14.7 Å². The molecule has 6 heteroatoms. The van der Waals surface area contributed by atoms with Gasteiger partial charge in [-0.3, -0.25) is 9.69 Å². The van der Waals surface area contributed by atoms with Gasteiger partial charge in [0.15, 0.2) is 0 Å². The highest BCUT2D eigenvalue weighted by Crippen LogP contribution is 2.44. The van der Waals surface area contributed by atoms with Crippen molar-refractivity contribution in [1.82, 2.24) is 10.2 Å². The molecule has 1 fully saturated rings. The molecule has 6 nitrogen and oxygen atoms in total. The van der Waals surface area contributed by atoms with Crippen molar-refractivity contribution in [3.8, 4) is 11.1 Å². The summed E-state index contributed by atoms with van der Waals surface area (Å²) in [6, 6.07) is 15.8. The van der Waals surface area contributed by atoms with E-state index in [-0.39, 0.29) is 18.6 Å². The monoisotopic (exact) mass is 464 g/mol. The zero-order valence-corrected chi connectivity index (χ0v) is 20.2. The third-order valence-corrected chi connectivity index (χ3v) is 6.96. The van der Waals surface area contributed by atoms with Gasteiger partial charge in [0.1, 0.15) is 12.6 Å². The summed E-state index contributed by atoms with van der Waals surface area (Å²) in [5.41, 5.74) is 4.76. The smallest absolute Gasteiger partial charge is 0.407 e. The van der Waals surface area contributed by atoms with Crippen molar-refractivity contribution in [3.05, 3.63) is 59.7 Å². The van der Waals surface area contributed by atoms with E-state index in [0.717, 1.165) is 32.2 Å². The first-order valence-corrected chi connectivity index (χ1v) is 12.6. The summed E-state index contributed by atoms with van der Waals surface area (Å²) in [5.74, 6) is -0.183. The number of carboxylic acids is 1. The number of unbranched alkanes of at least 4 members (excludes halogenated alkanes) is 1. The number of aliphatic carboxylic acids is 1. The summed E-state index contributed by atoms with van der Waals surface area (Å²) in [7, 11) is 0. The molecule has 0 spiro atoms. The topological polar surface area (TPSA) is 78.9 Å².